The van der Waals surface area contributed by atoms with Gasteiger partial charge in [-0.05, 0) is 39.0 Å². The van der Waals surface area contributed by atoms with Gasteiger partial charge < -0.3 is 16.4 Å². The van der Waals surface area contributed by atoms with Gasteiger partial charge in [0.05, 0.1) is 0 Å². The first-order chi connectivity index (χ1) is 8.22. The summed E-state index contributed by atoms with van der Waals surface area (Å²) >= 11 is 0. The molecule has 0 aliphatic carbocycles. The maximum absolute atomic E-state index is 5.80. The van der Waals surface area contributed by atoms with E-state index < -0.39 is 0 Å². The van der Waals surface area contributed by atoms with Gasteiger partial charge in [-0.25, -0.2) is 0 Å². The largest absolute Gasteiger partial charge is 0.370 e. The molecule has 0 aliphatic rings. The Kier molecular flexibility index (Phi) is 8.00. The van der Waals surface area contributed by atoms with Gasteiger partial charge in [0, 0.05) is 25.2 Å². The highest BCUT2D eigenvalue weighted by Crippen LogP contribution is 2.13. The number of nitrogens with one attached hydrogen (secondary N) is 2. The summed E-state index contributed by atoms with van der Waals surface area (Å²) in [5.74, 6) is 1.97. The van der Waals surface area contributed by atoms with Crippen molar-refractivity contribution in [2.24, 2.45) is 22.6 Å². The monoisotopic (exact) mass is 256 g/mol. The van der Waals surface area contributed by atoms with E-state index >= 15 is 0 Å². The molecule has 0 bridgehead atoms. The average Bonchev–Trinajstić information content (AvgIpc) is 2.22. The molecule has 18 heavy (non-hydrogen) atoms. The van der Waals surface area contributed by atoms with E-state index in [0.717, 1.165) is 26.1 Å². The van der Waals surface area contributed by atoms with E-state index in [0.29, 0.717) is 17.8 Å². The van der Waals surface area contributed by atoms with Crippen LogP contribution in [0.25, 0.3) is 0 Å². The summed E-state index contributed by atoms with van der Waals surface area (Å²) in [7, 11) is 0. The fourth-order valence-electron chi connectivity index (χ4n) is 1.41. The van der Waals surface area contributed by atoms with E-state index in [4.69, 9.17) is 5.73 Å². The van der Waals surface area contributed by atoms with E-state index in [2.05, 4.69) is 57.2 Å². The van der Waals surface area contributed by atoms with Gasteiger partial charge in [-0.15, -0.1) is 0 Å². The van der Waals surface area contributed by atoms with E-state index in [1.54, 1.807) is 0 Å². The van der Waals surface area contributed by atoms with Gasteiger partial charge in [0.25, 0.3) is 0 Å². The van der Waals surface area contributed by atoms with Gasteiger partial charge in [0.1, 0.15) is 0 Å². The number of aliphatic imine (C=N–C) groups is 1. The Balaban J connectivity index is 3.66. The van der Waals surface area contributed by atoms with Crippen LogP contribution in [0.4, 0.5) is 0 Å². The molecule has 0 saturated carbocycles. The van der Waals surface area contributed by atoms with E-state index in [9.17, 15) is 0 Å². The molecule has 0 spiro atoms. The molecule has 0 saturated heterocycles. The number of guanidine groups is 1. The van der Waals surface area contributed by atoms with Gasteiger partial charge in [0.15, 0.2) is 5.96 Å². The fraction of sp³-hybridized carbons (Fsp3) is 0.929. The normalized spacial score (nSPS) is 14.9. The Morgan fingerprint density at radius 1 is 1.17 bits per heavy atom. The van der Waals surface area contributed by atoms with Gasteiger partial charge in [-0.3, -0.25) is 4.99 Å². The number of nitrogens with two attached hydrogens (primary N) is 1. The molecule has 0 rings (SSSR count). The third-order valence-electron chi connectivity index (χ3n) is 3.09. The number of hydrogen-bond donors (Lipinski definition) is 3. The van der Waals surface area contributed by atoms with Crippen molar-refractivity contribution >= 4 is 5.96 Å². The molecule has 0 heterocycles. The SMILES string of the molecule is CC(C)C(C)CCN=C(N)NCCNC(C)(C)C. The predicted octanol–water partition coefficient (Wildman–Crippen LogP) is 1.96. The van der Waals surface area contributed by atoms with Gasteiger partial charge in [-0.1, -0.05) is 20.8 Å². The van der Waals surface area contributed by atoms with Crippen LogP contribution in [0.1, 0.15) is 48.0 Å². The molecule has 108 valence electrons. The Bertz CT molecular complexity index is 241. The maximum atomic E-state index is 5.80. The smallest absolute Gasteiger partial charge is 0.188 e. The molecule has 0 fully saturated rings. The molecule has 0 aliphatic heterocycles. The summed E-state index contributed by atoms with van der Waals surface area (Å²) in [5, 5.41) is 6.52. The van der Waals surface area contributed by atoms with Crippen molar-refractivity contribution in [3.8, 4) is 0 Å². The van der Waals surface area contributed by atoms with Crippen molar-refractivity contribution in [1.29, 1.82) is 0 Å². The topological polar surface area (TPSA) is 62.4 Å². The van der Waals surface area contributed by atoms with Gasteiger partial charge in [0.2, 0.25) is 0 Å². The van der Waals surface area contributed by atoms with Gasteiger partial charge >= 0.3 is 0 Å². The first-order valence-corrected chi connectivity index (χ1v) is 7.01. The second kappa shape index (κ2) is 8.35. The minimum atomic E-state index is 0.153. The van der Waals surface area contributed by atoms with Crippen molar-refractivity contribution in [1.82, 2.24) is 10.6 Å². The highest BCUT2D eigenvalue weighted by atomic mass is 15.1. The van der Waals surface area contributed by atoms with Crippen LogP contribution in [0, 0.1) is 11.8 Å². The highest BCUT2D eigenvalue weighted by molar-refractivity contribution is 5.77. The lowest BCUT2D eigenvalue weighted by atomic mass is 9.95. The molecule has 0 aromatic carbocycles. The van der Waals surface area contributed by atoms with Crippen LogP contribution in [0.3, 0.4) is 0 Å². The first kappa shape index (κ1) is 17.2. The summed E-state index contributed by atoms with van der Waals surface area (Å²) in [6.45, 7) is 15.7. The molecule has 0 amide bonds. The highest BCUT2D eigenvalue weighted by Gasteiger charge is 2.07. The zero-order valence-electron chi connectivity index (χ0n) is 13.0. The molecule has 0 aromatic heterocycles. The minimum absolute atomic E-state index is 0.153. The number of rotatable bonds is 7. The Morgan fingerprint density at radius 3 is 2.28 bits per heavy atom. The van der Waals surface area contributed by atoms with Crippen LogP contribution in [-0.4, -0.2) is 31.1 Å². The summed E-state index contributed by atoms with van der Waals surface area (Å²) in [4.78, 5) is 4.34. The molecule has 4 N–H and O–H groups in total. The molecule has 4 heteroatoms. The molecular formula is C14H32N4. The second-order valence-electron chi connectivity index (χ2n) is 6.38. The van der Waals surface area contributed by atoms with Crippen molar-refractivity contribution in [3.63, 3.8) is 0 Å². The Morgan fingerprint density at radius 2 is 1.78 bits per heavy atom. The number of nitrogens with zero attached hydrogens (tertiary/aromatic N) is 1. The Labute approximate surface area is 113 Å². The van der Waals surface area contributed by atoms with Crippen LogP contribution < -0.4 is 16.4 Å². The van der Waals surface area contributed by atoms with Crippen molar-refractivity contribution < 1.29 is 0 Å². The van der Waals surface area contributed by atoms with Crippen LogP contribution in [0.15, 0.2) is 4.99 Å². The standard InChI is InChI=1S/C14H32N4/c1-11(2)12(3)7-8-16-13(15)17-9-10-18-14(4,5)6/h11-12,18H,7-10H2,1-6H3,(H3,15,16,17). The summed E-state index contributed by atoms with van der Waals surface area (Å²) in [5.41, 5.74) is 5.95. The van der Waals surface area contributed by atoms with Crippen LogP contribution in [0.5, 0.6) is 0 Å². The van der Waals surface area contributed by atoms with E-state index in [1.807, 2.05) is 0 Å². The van der Waals surface area contributed by atoms with Crippen molar-refractivity contribution in [2.45, 2.75) is 53.5 Å². The third-order valence-corrected chi connectivity index (χ3v) is 3.09. The molecule has 1 atom stereocenters. The quantitative estimate of drug-likeness (QED) is 0.371. The van der Waals surface area contributed by atoms with Crippen LogP contribution in [-0.2, 0) is 0 Å². The summed E-state index contributed by atoms with van der Waals surface area (Å²) in [6, 6.07) is 0. The summed E-state index contributed by atoms with van der Waals surface area (Å²) in [6.07, 6.45) is 1.10. The molecule has 0 radical (unpaired) electrons. The van der Waals surface area contributed by atoms with E-state index in [1.165, 1.54) is 0 Å². The zero-order valence-corrected chi connectivity index (χ0v) is 13.0. The Hall–Kier alpha value is -0.770. The minimum Gasteiger partial charge on any atom is -0.370 e. The fourth-order valence-corrected chi connectivity index (χ4v) is 1.41. The van der Waals surface area contributed by atoms with E-state index in [-0.39, 0.29) is 5.54 Å². The van der Waals surface area contributed by atoms with Crippen LogP contribution >= 0.6 is 0 Å². The van der Waals surface area contributed by atoms with Crippen LogP contribution in [0.2, 0.25) is 0 Å². The number of hydrogen-bond acceptors (Lipinski definition) is 2. The molecular weight excluding hydrogens is 224 g/mol. The maximum Gasteiger partial charge on any atom is 0.188 e. The lowest BCUT2D eigenvalue weighted by Crippen LogP contribution is -2.43. The zero-order chi connectivity index (χ0) is 14.2. The second-order valence-corrected chi connectivity index (χ2v) is 6.38. The average molecular weight is 256 g/mol. The molecule has 0 aromatic rings. The van der Waals surface area contributed by atoms with Crippen molar-refractivity contribution in [3.05, 3.63) is 0 Å². The summed E-state index contributed by atoms with van der Waals surface area (Å²) < 4.78 is 0. The lowest BCUT2D eigenvalue weighted by molar-refractivity contribution is 0.397. The first-order valence-electron chi connectivity index (χ1n) is 7.01. The lowest BCUT2D eigenvalue weighted by Gasteiger charge is -2.20. The third kappa shape index (κ3) is 10.4. The molecule has 1 unspecified atom stereocenters. The predicted molar refractivity (Wildman–Crippen MR) is 80.9 cm³/mol. The molecule has 4 nitrogen and oxygen atoms in total. The van der Waals surface area contributed by atoms with Gasteiger partial charge in [-0.2, -0.15) is 0 Å². The van der Waals surface area contributed by atoms with Crippen molar-refractivity contribution in [2.75, 3.05) is 19.6 Å².